The monoisotopic (exact) mass is 398 g/mol. The molecule has 0 aliphatic rings. The van der Waals surface area contributed by atoms with Crippen molar-refractivity contribution < 1.29 is 9.18 Å². The van der Waals surface area contributed by atoms with Crippen LogP contribution >= 0.6 is 11.8 Å². The van der Waals surface area contributed by atoms with Crippen LogP contribution in [0, 0.1) is 12.7 Å². The third kappa shape index (κ3) is 4.78. The van der Waals surface area contributed by atoms with Gasteiger partial charge in [0.05, 0.1) is 5.75 Å². The van der Waals surface area contributed by atoms with Crippen LogP contribution in [0.25, 0.3) is 11.4 Å². The molecule has 0 saturated carbocycles. The summed E-state index contributed by atoms with van der Waals surface area (Å²) in [5, 5.41) is 9.33. The molecule has 0 saturated heterocycles. The third-order valence-electron chi connectivity index (χ3n) is 4.39. The van der Waals surface area contributed by atoms with Crippen molar-refractivity contribution in [1.29, 1.82) is 0 Å². The van der Waals surface area contributed by atoms with Crippen LogP contribution in [0.5, 0.6) is 0 Å². The van der Waals surface area contributed by atoms with Crippen LogP contribution in [0.15, 0.2) is 53.7 Å². The number of hydrogen-bond acceptors (Lipinski definition) is 4. The SMILES string of the molecule is CCn1c(SCC(=O)N(C)Cc2ccc(F)cc2)nnc1-c1cccc(C)c1. The number of carbonyl (C=O) groups excluding carboxylic acids is 1. The van der Waals surface area contributed by atoms with E-state index in [0.29, 0.717) is 6.54 Å². The summed E-state index contributed by atoms with van der Waals surface area (Å²) in [7, 11) is 1.75. The summed E-state index contributed by atoms with van der Waals surface area (Å²) < 4.78 is 15.0. The quantitative estimate of drug-likeness (QED) is 0.561. The van der Waals surface area contributed by atoms with E-state index in [4.69, 9.17) is 0 Å². The van der Waals surface area contributed by atoms with Gasteiger partial charge in [-0.1, -0.05) is 47.7 Å². The summed E-state index contributed by atoms with van der Waals surface area (Å²) >= 11 is 1.38. The van der Waals surface area contributed by atoms with Gasteiger partial charge in [0.15, 0.2) is 11.0 Å². The van der Waals surface area contributed by atoms with Gasteiger partial charge in [0.25, 0.3) is 0 Å². The van der Waals surface area contributed by atoms with Crippen molar-refractivity contribution in [2.75, 3.05) is 12.8 Å². The largest absolute Gasteiger partial charge is 0.341 e. The lowest BCUT2D eigenvalue weighted by atomic mass is 10.1. The van der Waals surface area contributed by atoms with Crippen molar-refractivity contribution in [2.24, 2.45) is 0 Å². The van der Waals surface area contributed by atoms with Crippen molar-refractivity contribution in [2.45, 2.75) is 32.1 Å². The van der Waals surface area contributed by atoms with Gasteiger partial charge in [-0.25, -0.2) is 4.39 Å². The minimum Gasteiger partial charge on any atom is -0.341 e. The summed E-state index contributed by atoms with van der Waals surface area (Å²) in [6.07, 6.45) is 0. The Morgan fingerprint density at radius 1 is 1.18 bits per heavy atom. The molecule has 1 heterocycles. The Morgan fingerprint density at radius 2 is 1.93 bits per heavy atom. The molecule has 1 amide bonds. The maximum absolute atomic E-state index is 13.0. The molecule has 0 aliphatic heterocycles. The normalized spacial score (nSPS) is 10.9. The van der Waals surface area contributed by atoms with Crippen LogP contribution in [-0.4, -0.2) is 38.4 Å². The summed E-state index contributed by atoms with van der Waals surface area (Å²) in [5.41, 5.74) is 3.07. The number of nitrogens with zero attached hydrogens (tertiary/aromatic N) is 4. The highest BCUT2D eigenvalue weighted by Crippen LogP contribution is 2.24. The van der Waals surface area contributed by atoms with E-state index in [1.54, 1.807) is 24.1 Å². The molecule has 7 heteroatoms. The van der Waals surface area contributed by atoms with Crippen molar-refractivity contribution >= 4 is 17.7 Å². The fraction of sp³-hybridized carbons (Fsp3) is 0.286. The van der Waals surface area contributed by atoms with Gasteiger partial charge in [-0.3, -0.25) is 4.79 Å². The number of hydrogen-bond donors (Lipinski definition) is 0. The number of aryl methyl sites for hydroxylation is 1. The smallest absolute Gasteiger partial charge is 0.233 e. The van der Waals surface area contributed by atoms with E-state index >= 15 is 0 Å². The van der Waals surface area contributed by atoms with Crippen LogP contribution in [0.4, 0.5) is 4.39 Å². The van der Waals surface area contributed by atoms with E-state index in [0.717, 1.165) is 34.2 Å². The Kier molecular flexibility index (Phi) is 6.46. The second-order valence-electron chi connectivity index (χ2n) is 6.58. The van der Waals surface area contributed by atoms with Crippen LogP contribution in [-0.2, 0) is 17.9 Å². The van der Waals surface area contributed by atoms with E-state index in [1.807, 2.05) is 36.6 Å². The molecule has 0 radical (unpaired) electrons. The molecule has 0 bridgehead atoms. The number of benzene rings is 2. The zero-order valence-corrected chi connectivity index (χ0v) is 17.0. The molecular weight excluding hydrogens is 375 g/mol. The van der Waals surface area contributed by atoms with Crippen molar-refractivity contribution in [1.82, 2.24) is 19.7 Å². The molecule has 1 aromatic heterocycles. The highest BCUT2D eigenvalue weighted by Gasteiger charge is 2.16. The lowest BCUT2D eigenvalue weighted by molar-refractivity contribution is -0.127. The molecule has 0 N–H and O–H groups in total. The maximum atomic E-state index is 13.0. The van der Waals surface area contributed by atoms with E-state index in [2.05, 4.69) is 16.3 Å². The number of aromatic nitrogens is 3. The molecule has 0 atom stereocenters. The van der Waals surface area contributed by atoms with Crippen LogP contribution < -0.4 is 0 Å². The molecule has 146 valence electrons. The number of amides is 1. The van der Waals surface area contributed by atoms with Crippen molar-refractivity contribution in [3.05, 3.63) is 65.5 Å². The zero-order chi connectivity index (χ0) is 20.1. The summed E-state index contributed by atoms with van der Waals surface area (Å²) in [4.78, 5) is 14.1. The lowest BCUT2D eigenvalue weighted by Gasteiger charge is -2.17. The van der Waals surface area contributed by atoms with E-state index in [9.17, 15) is 9.18 Å². The molecule has 3 rings (SSSR count). The van der Waals surface area contributed by atoms with Crippen molar-refractivity contribution in [3.8, 4) is 11.4 Å². The summed E-state index contributed by atoms with van der Waals surface area (Å²) in [5.74, 6) is 0.776. The second kappa shape index (κ2) is 9.01. The first-order valence-electron chi connectivity index (χ1n) is 9.09. The van der Waals surface area contributed by atoms with E-state index in [-0.39, 0.29) is 17.5 Å². The van der Waals surface area contributed by atoms with Gasteiger partial charge in [-0.2, -0.15) is 0 Å². The van der Waals surface area contributed by atoms with Crippen LogP contribution in [0.3, 0.4) is 0 Å². The van der Waals surface area contributed by atoms with Gasteiger partial charge in [-0.05, 0) is 37.6 Å². The minimum absolute atomic E-state index is 0.0166. The fourth-order valence-corrected chi connectivity index (χ4v) is 3.81. The Balaban J connectivity index is 1.65. The predicted octanol–water partition coefficient (Wildman–Crippen LogP) is 4.16. The van der Waals surface area contributed by atoms with E-state index in [1.165, 1.54) is 23.9 Å². The molecule has 0 fully saturated rings. The fourth-order valence-electron chi connectivity index (χ4n) is 2.87. The Bertz CT molecular complexity index is 955. The third-order valence-corrected chi connectivity index (χ3v) is 5.34. The molecule has 0 spiro atoms. The molecule has 3 aromatic rings. The highest BCUT2D eigenvalue weighted by molar-refractivity contribution is 7.99. The first-order chi connectivity index (χ1) is 13.5. The topological polar surface area (TPSA) is 51.0 Å². The Morgan fingerprint density at radius 3 is 2.61 bits per heavy atom. The molecule has 5 nitrogen and oxygen atoms in total. The minimum atomic E-state index is -0.281. The maximum Gasteiger partial charge on any atom is 0.233 e. The molecule has 0 unspecified atom stereocenters. The molecule has 0 aliphatic carbocycles. The molecular formula is C21H23FN4OS. The first-order valence-corrected chi connectivity index (χ1v) is 10.1. The van der Waals surface area contributed by atoms with Gasteiger partial charge < -0.3 is 9.47 Å². The molecule has 2 aromatic carbocycles. The summed E-state index contributed by atoms with van der Waals surface area (Å²) in [6.45, 7) is 5.24. The van der Waals surface area contributed by atoms with Gasteiger partial charge in [-0.15, -0.1) is 10.2 Å². The van der Waals surface area contributed by atoms with Gasteiger partial charge >= 0.3 is 0 Å². The zero-order valence-electron chi connectivity index (χ0n) is 16.2. The van der Waals surface area contributed by atoms with Gasteiger partial charge in [0, 0.05) is 25.7 Å². The van der Waals surface area contributed by atoms with Crippen molar-refractivity contribution in [3.63, 3.8) is 0 Å². The number of halogens is 1. The second-order valence-corrected chi connectivity index (χ2v) is 7.53. The lowest BCUT2D eigenvalue weighted by Crippen LogP contribution is -2.27. The average Bonchev–Trinajstić information content (AvgIpc) is 3.10. The number of rotatable bonds is 7. The Hall–Kier alpha value is -2.67. The summed E-state index contributed by atoms with van der Waals surface area (Å²) in [6, 6.07) is 14.3. The highest BCUT2D eigenvalue weighted by atomic mass is 32.2. The Labute approximate surface area is 168 Å². The van der Waals surface area contributed by atoms with Crippen LogP contribution in [0.1, 0.15) is 18.1 Å². The average molecular weight is 399 g/mol. The standard InChI is InChI=1S/C21H23FN4OS/c1-4-26-20(17-7-5-6-15(2)12-17)23-24-21(26)28-14-19(27)25(3)13-16-8-10-18(22)11-9-16/h5-12H,4,13-14H2,1-3H3. The van der Waals surface area contributed by atoms with E-state index < -0.39 is 0 Å². The predicted molar refractivity (Wildman–Crippen MR) is 109 cm³/mol. The van der Waals surface area contributed by atoms with Gasteiger partial charge in [0.1, 0.15) is 5.82 Å². The number of carbonyl (C=O) groups is 1. The first kappa shape index (κ1) is 20.1. The van der Waals surface area contributed by atoms with Crippen LogP contribution in [0.2, 0.25) is 0 Å². The van der Waals surface area contributed by atoms with Gasteiger partial charge in [0.2, 0.25) is 5.91 Å². The molecule has 28 heavy (non-hydrogen) atoms. The number of thioether (sulfide) groups is 1.